The van der Waals surface area contributed by atoms with Crippen molar-refractivity contribution >= 4 is 18.0 Å². The molecule has 1 saturated heterocycles. The van der Waals surface area contributed by atoms with E-state index in [1.54, 1.807) is 30.4 Å². The van der Waals surface area contributed by atoms with Crippen molar-refractivity contribution in [1.82, 2.24) is 9.80 Å². The third-order valence-corrected chi connectivity index (χ3v) is 8.65. The molecule has 3 atom stereocenters. The quantitative estimate of drug-likeness (QED) is 0.327. The number of esters is 1. The van der Waals surface area contributed by atoms with Gasteiger partial charge in [-0.3, -0.25) is 9.59 Å². The minimum absolute atomic E-state index is 0.0261. The van der Waals surface area contributed by atoms with Gasteiger partial charge >= 0.3 is 5.97 Å². The molecule has 1 aliphatic heterocycles. The zero-order chi connectivity index (χ0) is 26.0. The van der Waals surface area contributed by atoms with Crippen molar-refractivity contribution < 1.29 is 19.4 Å². The van der Waals surface area contributed by atoms with Crippen molar-refractivity contribution in [1.29, 1.82) is 0 Å². The Labute approximate surface area is 219 Å². The van der Waals surface area contributed by atoms with Gasteiger partial charge in [-0.15, -0.1) is 0 Å². The summed E-state index contributed by atoms with van der Waals surface area (Å²) < 4.78 is 5.46. The lowest BCUT2D eigenvalue weighted by Crippen LogP contribution is -2.56. The van der Waals surface area contributed by atoms with E-state index in [1.807, 2.05) is 30.1 Å². The van der Waals surface area contributed by atoms with Crippen molar-refractivity contribution in [2.75, 3.05) is 26.7 Å². The lowest BCUT2D eigenvalue weighted by atomic mass is 9.57. The standard InChI is InChI=1S/C31H38N2O4/c1-22(34)37-29-8-4-6-25(18-29)31-15-16-33(20-24-9-10-24)21-26(31)12-13-27(19-31)32(2)30(36)14-11-23-5-3-7-28(35)17-23/h3-8,11,14,17-18,24,26-27,35H,9-10,12-13,15-16,19-21H2,1-2H3/t26-,27+,31+/m1/s1. The van der Waals surface area contributed by atoms with Crippen LogP contribution in [0, 0.1) is 11.8 Å². The van der Waals surface area contributed by atoms with Gasteiger partial charge in [-0.05, 0) is 98.4 Å². The maximum absolute atomic E-state index is 13.2. The van der Waals surface area contributed by atoms with E-state index in [0.29, 0.717) is 11.7 Å². The molecule has 6 nitrogen and oxygen atoms in total. The van der Waals surface area contributed by atoms with Gasteiger partial charge in [0, 0.05) is 44.6 Å². The van der Waals surface area contributed by atoms with Crippen LogP contribution in [0.5, 0.6) is 11.5 Å². The Morgan fingerprint density at radius 3 is 2.70 bits per heavy atom. The highest BCUT2D eigenvalue weighted by Crippen LogP contribution is 2.51. The number of hydrogen-bond donors (Lipinski definition) is 1. The number of amides is 1. The molecule has 196 valence electrons. The van der Waals surface area contributed by atoms with Gasteiger partial charge in [-0.25, -0.2) is 0 Å². The van der Waals surface area contributed by atoms with Crippen molar-refractivity contribution in [3.8, 4) is 11.5 Å². The summed E-state index contributed by atoms with van der Waals surface area (Å²) in [6.07, 6.45) is 10.1. The lowest BCUT2D eigenvalue weighted by molar-refractivity contribution is -0.132. The number of likely N-dealkylation sites (tertiary alicyclic amines) is 1. The number of nitrogens with zero attached hydrogens (tertiary/aromatic N) is 2. The van der Waals surface area contributed by atoms with Gasteiger partial charge in [0.05, 0.1) is 0 Å². The van der Waals surface area contributed by atoms with E-state index in [2.05, 4.69) is 17.0 Å². The van der Waals surface area contributed by atoms with E-state index in [9.17, 15) is 14.7 Å². The van der Waals surface area contributed by atoms with Gasteiger partial charge in [0.1, 0.15) is 11.5 Å². The number of hydrogen-bond acceptors (Lipinski definition) is 5. The summed E-state index contributed by atoms with van der Waals surface area (Å²) in [6.45, 7) is 4.80. The minimum atomic E-state index is -0.309. The van der Waals surface area contributed by atoms with Crippen LogP contribution in [-0.4, -0.2) is 59.5 Å². The molecule has 2 aliphatic carbocycles. The summed E-state index contributed by atoms with van der Waals surface area (Å²) in [5.41, 5.74) is 1.97. The second-order valence-corrected chi connectivity index (χ2v) is 11.2. The molecule has 0 unspecified atom stereocenters. The summed E-state index contributed by atoms with van der Waals surface area (Å²) in [4.78, 5) is 29.4. The lowest BCUT2D eigenvalue weighted by Gasteiger charge is -2.54. The number of benzene rings is 2. The topological polar surface area (TPSA) is 70.1 Å². The maximum atomic E-state index is 13.2. The molecule has 2 saturated carbocycles. The maximum Gasteiger partial charge on any atom is 0.308 e. The minimum Gasteiger partial charge on any atom is -0.508 e. The number of rotatable bonds is 7. The fourth-order valence-electron chi connectivity index (χ4n) is 6.48. The monoisotopic (exact) mass is 502 g/mol. The third kappa shape index (κ3) is 5.90. The Balaban J connectivity index is 1.37. The number of piperidine rings is 1. The molecule has 2 aromatic carbocycles. The summed E-state index contributed by atoms with van der Waals surface area (Å²) in [5.74, 6) is 1.83. The Kier molecular flexibility index (Phi) is 7.38. The zero-order valence-electron chi connectivity index (χ0n) is 21.9. The number of aromatic hydroxyl groups is 1. The number of carbonyl (C=O) groups is 2. The highest BCUT2D eigenvalue weighted by atomic mass is 16.5. The van der Waals surface area contributed by atoms with E-state index in [-0.39, 0.29) is 29.1 Å². The van der Waals surface area contributed by atoms with Crippen LogP contribution in [0.2, 0.25) is 0 Å². The van der Waals surface area contributed by atoms with Crippen molar-refractivity contribution in [3.63, 3.8) is 0 Å². The molecule has 5 rings (SSSR count). The summed E-state index contributed by atoms with van der Waals surface area (Å²) in [7, 11) is 1.91. The van der Waals surface area contributed by atoms with Gasteiger partial charge < -0.3 is 19.6 Å². The first kappa shape index (κ1) is 25.5. The third-order valence-electron chi connectivity index (χ3n) is 8.65. The van der Waals surface area contributed by atoms with Crippen molar-refractivity contribution in [2.45, 2.75) is 56.9 Å². The number of fused-ring (bicyclic) bond motifs is 1. The number of phenols is 1. The van der Waals surface area contributed by atoms with Crippen LogP contribution in [0.1, 0.15) is 56.6 Å². The van der Waals surface area contributed by atoms with Crippen LogP contribution in [-0.2, 0) is 15.0 Å². The fraction of sp³-hybridized carbons (Fsp3) is 0.484. The van der Waals surface area contributed by atoms with Crippen LogP contribution < -0.4 is 4.74 Å². The summed E-state index contributed by atoms with van der Waals surface area (Å²) in [6, 6.07) is 15.1. The molecular weight excluding hydrogens is 464 g/mol. The number of phenolic OH excluding ortho intramolecular Hbond substituents is 1. The van der Waals surface area contributed by atoms with E-state index in [0.717, 1.165) is 50.3 Å². The number of carbonyl (C=O) groups excluding carboxylic acids is 2. The van der Waals surface area contributed by atoms with Gasteiger partial charge in [-0.1, -0.05) is 24.3 Å². The van der Waals surface area contributed by atoms with Gasteiger partial charge in [0.2, 0.25) is 5.91 Å². The average molecular weight is 503 g/mol. The second-order valence-electron chi connectivity index (χ2n) is 11.2. The SMILES string of the molecule is CC(=O)Oc1cccc([C@@]23CCN(CC4CC4)C[C@H]2CC[C@H](N(C)C(=O)C=Cc2cccc(O)c2)C3)c1. The molecule has 2 aromatic rings. The van der Waals surface area contributed by atoms with Gasteiger partial charge in [0.15, 0.2) is 0 Å². The average Bonchev–Trinajstić information content (AvgIpc) is 3.70. The van der Waals surface area contributed by atoms with E-state index >= 15 is 0 Å². The second kappa shape index (κ2) is 10.7. The van der Waals surface area contributed by atoms with E-state index in [4.69, 9.17) is 4.74 Å². The van der Waals surface area contributed by atoms with Crippen LogP contribution in [0.4, 0.5) is 0 Å². The summed E-state index contributed by atoms with van der Waals surface area (Å²) >= 11 is 0. The molecule has 3 fully saturated rings. The molecule has 1 amide bonds. The highest BCUT2D eigenvalue weighted by Gasteiger charge is 2.49. The molecule has 6 heteroatoms. The van der Waals surface area contributed by atoms with Crippen LogP contribution in [0.25, 0.3) is 6.08 Å². The predicted octanol–water partition coefficient (Wildman–Crippen LogP) is 5.01. The zero-order valence-corrected chi connectivity index (χ0v) is 21.9. The fourth-order valence-corrected chi connectivity index (χ4v) is 6.48. The van der Waals surface area contributed by atoms with Crippen LogP contribution in [0.3, 0.4) is 0 Å². The molecule has 37 heavy (non-hydrogen) atoms. The first-order valence-electron chi connectivity index (χ1n) is 13.6. The van der Waals surface area contributed by atoms with Crippen molar-refractivity contribution in [2.24, 2.45) is 11.8 Å². The number of likely N-dealkylation sites (N-methyl/N-ethyl adjacent to an activating group) is 1. The largest absolute Gasteiger partial charge is 0.508 e. The molecule has 0 bridgehead atoms. The Hall–Kier alpha value is -3.12. The smallest absolute Gasteiger partial charge is 0.308 e. The molecule has 0 aromatic heterocycles. The molecule has 1 N–H and O–H groups in total. The van der Waals surface area contributed by atoms with Crippen LogP contribution in [0.15, 0.2) is 54.6 Å². The molecule has 0 spiro atoms. The van der Waals surface area contributed by atoms with Gasteiger partial charge in [-0.2, -0.15) is 0 Å². The number of ether oxygens (including phenoxy) is 1. The Bertz CT molecular complexity index is 1170. The van der Waals surface area contributed by atoms with E-state index in [1.165, 1.54) is 31.9 Å². The van der Waals surface area contributed by atoms with Crippen molar-refractivity contribution in [3.05, 3.63) is 65.7 Å². The highest BCUT2D eigenvalue weighted by molar-refractivity contribution is 5.91. The first-order valence-corrected chi connectivity index (χ1v) is 13.6. The van der Waals surface area contributed by atoms with Crippen LogP contribution >= 0.6 is 0 Å². The Morgan fingerprint density at radius 1 is 1.14 bits per heavy atom. The first-order chi connectivity index (χ1) is 17.8. The van der Waals surface area contributed by atoms with E-state index < -0.39 is 0 Å². The Morgan fingerprint density at radius 2 is 1.95 bits per heavy atom. The molecule has 0 radical (unpaired) electrons. The summed E-state index contributed by atoms with van der Waals surface area (Å²) in [5, 5.41) is 9.72. The molecule has 3 aliphatic rings. The predicted molar refractivity (Wildman–Crippen MR) is 144 cm³/mol. The molecular formula is C31H38N2O4. The van der Waals surface area contributed by atoms with Gasteiger partial charge in [0.25, 0.3) is 0 Å². The normalized spacial score (nSPS) is 26.0. The molecule has 1 heterocycles.